The van der Waals surface area contributed by atoms with Crippen molar-refractivity contribution in [3.63, 3.8) is 0 Å². The molecule has 0 aliphatic heterocycles. The van der Waals surface area contributed by atoms with E-state index >= 15 is 0 Å². The van der Waals surface area contributed by atoms with Gasteiger partial charge < -0.3 is 0 Å². The molecule has 1 rings (SSSR count). The first-order chi connectivity index (χ1) is 6.93. The summed E-state index contributed by atoms with van der Waals surface area (Å²) >= 11 is 0. The van der Waals surface area contributed by atoms with Gasteiger partial charge in [0.2, 0.25) is 0 Å². The Hall–Kier alpha value is -0.990. The van der Waals surface area contributed by atoms with E-state index in [1.165, 1.54) is 19.3 Å². The van der Waals surface area contributed by atoms with Gasteiger partial charge in [-0.25, -0.2) is 0 Å². The molecule has 8 heteroatoms. The van der Waals surface area contributed by atoms with Gasteiger partial charge in [-0.2, -0.15) is 8.42 Å². The molecule has 0 spiro atoms. The molecule has 1 heterocycles. The van der Waals surface area contributed by atoms with Gasteiger partial charge in [0.1, 0.15) is 0 Å². The molecule has 88 valence electrons. The van der Waals surface area contributed by atoms with Crippen LogP contribution in [0.5, 0.6) is 0 Å². The summed E-state index contributed by atoms with van der Waals surface area (Å²) in [5.41, 5.74) is 0. The lowest BCUT2D eigenvalue weighted by molar-refractivity contribution is 0.381. The summed E-state index contributed by atoms with van der Waals surface area (Å²) in [7, 11) is -4.67. The standard InChI is InChI=1S/C7H13N3.H2O4S/c1-2-3-4-6-10-7-5-8-9-10;1-5(2,3)4/h5,7H,2-4,6H2,1H3;(H2,1,2,3,4). The van der Waals surface area contributed by atoms with Gasteiger partial charge in [0.05, 0.1) is 6.20 Å². The third-order valence-corrected chi connectivity index (χ3v) is 1.46. The zero-order chi connectivity index (χ0) is 11.7. The zero-order valence-electron chi connectivity index (χ0n) is 8.44. The van der Waals surface area contributed by atoms with Gasteiger partial charge in [-0.15, -0.1) is 5.10 Å². The first kappa shape index (κ1) is 14.0. The molecule has 7 nitrogen and oxygen atoms in total. The molecule has 0 atom stereocenters. The van der Waals surface area contributed by atoms with E-state index in [4.69, 9.17) is 17.5 Å². The maximum Gasteiger partial charge on any atom is 0.394 e. The van der Waals surface area contributed by atoms with Crippen molar-refractivity contribution in [2.45, 2.75) is 32.7 Å². The summed E-state index contributed by atoms with van der Waals surface area (Å²) in [5.74, 6) is 0. The largest absolute Gasteiger partial charge is 0.394 e. The van der Waals surface area contributed by atoms with E-state index in [2.05, 4.69) is 17.2 Å². The van der Waals surface area contributed by atoms with Crippen LogP contribution in [0.2, 0.25) is 0 Å². The third kappa shape index (κ3) is 13.0. The SMILES string of the molecule is CCCCCn1ccnn1.O=S(=O)(O)O. The minimum absolute atomic E-state index is 1.01. The molecule has 0 unspecified atom stereocenters. The molecule has 2 N–H and O–H groups in total. The average Bonchev–Trinajstić information content (AvgIpc) is 2.54. The first-order valence-corrected chi connectivity index (χ1v) is 5.87. The molecular weight excluding hydrogens is 222 g/mol. The van der Waals surface area contributed by atoms with Crippen LogP contribution in [-0.4, -0.2) is 32.5 Å². The van der Waals surface area contributed by atoms with Crippen molar-refractivity contribution in [3.8, 4) is 0 Å². The minimum Gasteiger partial charge on any atom is -0.264 e. The van der Waals surface area contributed by atoms with Gasteiger partial charge in [0.25, 0.3) is 0 Å². The quantitative estimate of drug-likeness (QED) is 0.593. The predicted octanol–water partition coefficient (Wildman–Crippen LogP) is 0.816. The summed E-state index contributed by atoms with van der Waals surface area (Å²) < 4.78 is 33.5. The van der Waals surface area contributed by atoms with Gasteiger partial charge in [0, 0.05) is 12.7 Å². The van der Waals surface area contributed by atoms with Gasteiger partial charge in [-0.3, -0.25) is 13.8 Å². The molecule has 0 radical (unpaired) electrons. The summed E-state index contributed by atoms with van der Waals surface area (Å²) in [4.78, 5) is 0. The number of hydrogen-bond acceptors (Lipinski definition) is 4. The van der Waals surface area contributed by atoms with Crippen LogP contribution >= 0.6 is 0 Å². The number of unbranched alkanes of at least 4 members (excludes halogenated alkanes) is 2. The molecule has 15 heavy (non-hydrogen) atoms. The van der Waals surface area contributed by atoms with E-state index < -0.39 is 10.4 Å². The monoisotopic (exact) mass is 237 g/mol. The van der Waals surface area contributed by atoms with Crippen molar-refractivity contribution < 1.29 is 17.5 Å². The highest BCUT2D eigenvalue weighted by Gasteiger charge is 1.88. The highest BCUT2D eigenvalue weighted by atomic mass is 32.3. The lowest BCUT2D eigenvalue weighted by Crippen LogP contribution is -1.98. The second-order valence-corrected chi connectivity index (χ2v) is 3.72. The van der Waals surface area contributed by atoms with Crippen LogP contribution in [0, 0.1) is 0 Å². The average molecular weight is 237 g/mol. The Balaban J connectivity index is 0.000000336. The van der Waals surface area contributed by atoms with Crippen LogP contribution in [0.1, 0.15) is 26.2 Å². The Labute approximate surface area is 88.7 Å². The summed E-state index contributed by atoms with van der Waals surface area (Å²) in [6.07, 6.45) is 7.36. The van der Waals surface area contributed by atoms with Gasteiger partial charge >= 0.3 is 10.4 Å². The molecule has 1 aromatic rings. The normalized spacial score (nSPS) is 10.6. The summed E-state index contributed by atoms with van der Waals surface area (Å²) in [6, 6.07) is 0. The Bertz CT molecular complexity index is 327. The molecule has 0 saturated carbocycles. The Morgan fingerprint density at radius 3 is 2.33 bits per heavy atom. The van der Waals surface area contributed by atoms with Crippen LogP contribution in [0.4, 0.5) is 0 Å². The number of nitrogens with zero attached hydrogens (tertiary/aromatic N) is 3. The molecule has 0 saturated heterocycles. The zero-order valence-corrected chi connectivity index (χ0v) is 9.26. The lowest BCUT2D eigenvalue weighted by Gasteiger charge is -1.96. The molecule has 1 aromatic heterocycles. The van der Waals surface area contributed by atoms with Crippen LogP contribution in [0.3, 0.4) is 0 Å². The van der Waals surface area contributed by atoms with Gasteiger partial charge in [-0.05, 0) is 6.42 Å². The number of aromatic nitrogens is 3. The third-order valence-electron chi connectivity index (χ3n) is 1.46. The summed E-state index contributed by atoms with van der Waals surface area (Å²) in [6.45, 7) is 3.20. The molecule has 0 bridgehead atoms. The van der Waals surface area contributed by atoms with Crippen molar-refractivity contribution in [2.24, 2.45) is 0 Å². The van der Waals surface area contributed by atoms with Crippen LogP contribution < -0.4 is 0 Å². The topological polar surface area (TPSA) is 105 Å². The highest BCUT2D eigenvalue weighted by molar-refractivity contribution is 7.79. The van der Waals surface area contributed by atoms with Crippen LogP contribution in [0.15, 0.2) is 12.4 Å². The predicted molar refractivity (Wildman–Crippen MR) is 53.7 cm³/mol. The maximum atomic E-state index is 8.74. The van der Waals surface area contributed by atoms with Crippen molar-refractivity contribution in [2.75, 3.05) is 0 Å². The first-order valence-electron chi connectivity index (χ1n) is 4.47. The van der Waals surface area contributed by atoms with E-state index in [1.807, 2.05) is 10.9 Å². The van der Waals surface area contributed by atoms with E-state index in [1.54, 1.807) is 6.20 Å². The van der Waals surface area contributed by atoms with Crippen molar-refractivity contribution >= 4 is 10.4 Å². The fourth-order valence-corrected chi connectivity index (χ4v) is 0.876. The number of rotatable bonds is 4. The fourth-order valence-electron chi connectivity index (χ4n) is 0.876. The van der Waals surface area contributed by atoms with E-state index in [0.717, 1.165) is 6.54 Å². The van der Waals surface area contributed by atoms with Crippen LogP contribution in [-0.2, 0) is 16.9 Å². The van der Waals surface area contributed by atoms with Crippen LogP contribution in [0.25, 0.3) is 0 Å². The second kappa shape index (κ2) is 7.32. The Morgan fingerprint density at radius 2 is 1.93 bits per heavy atom. The molecule has 0 fully saturated rings. The highest BCUT2D eigenvalue weighted by Crippen LogP contribution is 1.95. The van der Waals surface area contributed by atoms with Gasteiger partial charge in [0.15, 0.2) is 0 Å². The molecule has 0 aromatic carbocycles. The molecule has 0 aliphatic carbocycles. The molecular formula is C7H15N3O4S. The Kier molecular flexibility index (Phi) is 6.84. The lowest BCUT2D eigenvalue weighted by atomic mass is 10.2. The van der Waals surface area contributed by atoms with E-state index in [-0.39, 0.29) is 0 Å². The van der Waals surface area contributed by atoms with E-state index in [0.29, 0.717) is 0 Å². The second-order valence-electron chi connectivity index (χ2n) is 2.82. The fraction of sp³-hybridized carbons (Fsp3) is 0.714. The number of hydrogen-bond donors (Lipinski definition) is 2. The Morgan fingerprint density at radius 1 is 1.33 bits per heavy atom. The molecule has 0 amide bonds. The number of aryl methyl sites for hydroxylation is 1. The minimum atomic E-state index is -4.67. The smallest absolute Gasteiger partial charge is 0.264 e. The van der Waals surface area contributed by atoms with E-state index in [9.17, 15) is 0 Å². The van der Waals surface area contributed by atoms with Crippen molar-refractivity contribution in [3.05, 3.63) is 12.4 Å². The molecule has 0 aliphatic rings. The summed E-state index contributed by atoms with van der Waals surface area (Å²) in [5, 5.41) is 7.57. The van der Waals surface area contributed by atoms with Gasteiger partial charge in [-0.1, -0.05) is 25.0 Å². The van der Waals surface area contributed by atoms with Crippen molar-refractivity contribution in [1.82, 2.24) is 15.0 Å². The van der Waals surface area contributed by atoms with Crippen molar-refractivity contribution in [1.29, 1.82) is 0 Å². The maximum absolute atomic E-state index is 8.74.